The van der Waals surface area contributed by atoms with Crippen molar-refractivity contribution in [2.45, 2.75) is 12.8 Å². The molecule has 0 fully saturated rings. The summed E-state index contributed by atoms with van der Waals surface area (Å²) in [7, 11) is 1.96. The number of benzene rings is 1. The molecule has 68 valence electrons. The maximum absolute atomic E-state index is 3.15. The fraction of sp³-hybridized carbons (Fsp3) is 0.333. The molecular formula is C12H15N. The Morgan fingerprint density at radius 3 is 2.69 bits per heavy atom. The average Bonchev–Trinajstić information content (AvgIpc) is 2.19. The highest BCUT2D eigenvalue weighted by Gasteiger charge is 1.82. The Kier molecular flexibility index (Phi) is 4.74. The van der Waals surface area contributed by atoms with Crippen LogP contribution in [0.4, 0.5) is 0 Å². The second-order valence-corrected chi connectivity index (χ2v) is 2.87. The molecule has 0 amide bonds. The van der Waals surface area contributed by atoms with Crippen LogP contribution in [0.15, 0.2) is 30.3 Å². The summed E-state index contributed by atoms with van der Waals surface area (Å²) in [5.41, 5.74) is 1.10. The summed E-state index contributed by atoms with van der Waals surface area (Å²) in [4.78, 5) is 0. The topological polar surface area (TPSA) is 12.0 Å². The van der Waals surface area contributed by atoms with Crippen LogP contribution in [-0.4, -0.2) is 13.6 Å². The van der Waals surface area contributed by atoms with Crippen molar-refractivity contribution in [3.63, 3.8) is 0 Å². The lowest BCUT2D eigenvalue weighted by Crippen LogP contribution is -2.06. The highest BCUT2D eigenvalue weighted by molar-refractivity contribution is 5.33. The van der Waals surface area contributed by atoms with Crippen molar-refractivity contribution in [1.29, 1.82) is 0 Å². The molecule has 0 bridgehead atoms. The predicted octanol–water partition coefficient (Wildman–Crippen LogP) is 2.04. The van der Waals surface area contributed by atoms with Gasteiger partial charge in [-0.05, 0) is 32.1 Å². The molecule has 1 rings (SSSR count). The number of hydrogen-bond donors (Lipinski definition) is 1. The first kappa shape index (κ1) is 9.83. The fourth-order valence-corrected chi connectivity index (χ4v) is 1.04. The van der Waals surface area contributed by atoms with Gasteiger partial charge in [0.25, 0.3) is 0 Å². The van der Waals surface area contributed by atoms with Gasteiger partial charge in [0.1, 0.15) is 0 Å². The van der Waals surface area contributed by atoms with Gasteiger partial charge in [-0.3, -0.25) is 0 Å². The van der Waals surface area contributed by atoms with E-state index >= 15 is 0 Å². The van der Waals surface area contributed by atoms with E-state index in [4.69, 9.17) is 0 Å². The van der Waals surface area contributed by atoms with Crippen molar-refractivity contribution < 1.29 is 0 Å². The Morgan fingerprint density at radius 1 is 1.23 bits per heavy atom. The van der Waals surface area contributed by atoms with Crippen LogP contribution in [0.1, 0.15) is 18.4 Å². The molecule has 1 aromatic rings. The molecule has 0 aromatic heterocycles. The standard InChI is InChI=1S/C12H15N/c1-13-11-7-3-6-10-12-8-4-2-5-9-12/h2,4-5,8-9,13H,3,7,11H2,1H3. The first-order chi connectivity index (χ1) is 6.43. The molecule has 1 heteroatoms. The largest absolute Gasteiger partial charge is 0.320 e. The molecule has 1 N–H and O–H groups in total. The van der Waals surface area contributed by atoms with Crippen molar-refractivity contribution >= 4 is 0 Å². The minimum atomic E-state index is 0.968. The lowest BCUT2D eigenvalue weighted by molar-refractivity contribution is 0.742. The van der Waals surface area contributed by atoms with Crippen LogP contribution >= 0.6 is 0 Å². The van der Waals surface area contributed by atoms with E-state index in [2.05, 4.69) is 17.2 Å². The quantitative estimate of drug-likeness (QED) is 0.545. The number of rotatable bonds is 3. The van der Waals surface area contributed by atoms with Gasteiger partial charge in [0.05, 0.1) is 0 Å². The Labute approximate surface area is 80.2 Å². The van der Waals surface area contributed by atoms with Crippen molar-refractivity contribution in [2.75, 3.05) is 13.6 Å². The van der Waals surface area contributed by atoms with E-state index < -0.39 is 0 Å². The summed E-state index contributed by atoms with van der Waals surface area (Å²) < 4.78 is 0. The average molecular weight is 173 g/mol. The Balaban J connectivity index is 2.31. The Morgan fingerprint density at radius 2 is 2.00 bits per heavy atom. The molecule has 0 saturated carbocycles. The van der Waals surface area contributed by atoms with E-state index in [9.17, 15) is 0 Å². The summed E-state index contributed by atoms with van der Waals surface area (Å²) in [5.74, 6) is 6.27. The molecule has 1 nitrogen and oxygen atoms in total. The Hall–Kier alpha value is -1.26. The molecule has 1 aromatic carbocycles. The van der Waals surface area contributed by atoms with E-state index in [-0.39, 0.29) is 0 Å². The van der Waals surface area contributed by atoms with E-state index in [1.807, 2.05) is 37.4 Å². The first-order valence-electron chi connectivity index (χ1n) is 4.62. The molecule has 13 heavy (non-hydrogen) atoms. The van der Waals surface area contributed by atoms with Crippen molar-refractivity contribution in [3.05, 3.63) is 35.9 Å². The zero-order valence-electron chi connectivity index (χ0n) is 8.01. The summed E-state index contributed by atoms with van der Waals surface area (Å²) in [6.07, 6.45) is 2.09. The zero-order chi connectivity index (χ0) is 9.36. The SMILES string of the molecule is CNCCCC#Cc1ccccc1. The second-order valence-electron chi connectivity index (χ2n) is 2.87. The molecule has 0 aliphatic carbocycles. The molecule has 0 aliphatic heterocycles. The maximum Gasteiger partial charge on any atom is 0.0245 e. The van der Waals surface area contributed by atoms with Crippen LogP contribution in [0, 0.1) is 11.8 Å². The van der Waals surface area contributed by atoms with Crippen LogP contribution in [-0.2, 0) is 0 Å². The van der Waals surface area contributed by atoms with Gasteiger partial charge in [0.15, 0.2) is 0 Å². The van der Waals surface area contributed by atoms with Gasteiger partial charge in [-0.15, -0.1) is 0 Å². The van der Waals surface area contributed by atoms with Gasteiger partial charge in [-0.1, -0.05) is 30.0 Å². The first-order valence-corrected chi connectivity index (χ1v) is 4.62. The van der Waals surface area contributed by atoms with Crippen LogP contribution in [0.2, 0.25) is 0 Å². The highest BCUT2D eigenvalue weighted by atomic mass is 14.8. The van der Waals surface area contributed by atoms with E-state index in [1.54, 1.807) is 0 Å². The third-order valence-corrected chi connectivity index (χ3v) is 1.74. The second kappa shape index (κ2) is 6.28. The Bertz CT molecular complexity index is 279. The van der Waals surface area contributed by atoms with E-state index in [0.29, 0.717) is 0 Å². The fourth-order valence-electron chi connectivity index (χ4n) is 1.04. The molecule has 0 radical (unpaired) electrons. The molecule has 0 saturated heterocycles. The van der Waals surface area contributed by atoms with Crippen LogP contribution < -0.4 is 5.32 Å². The maximum atomic E-state index is 3.15. The highest BCUT2D eigenvalue weighted by Crippen LogP contribution is 1.95. The van der Waals surface area contributed by atoms with Crippen molar-refractivity contribution in [2.24, 2.45) is 0 Å². The molecule has 0 aliphatic rings. The van der Waals surface area contributed by atoms with Crippen LogP contribution in [0.3, 0.4) is 0 Å². The molecule has 0 spiro atoms. The third kappa shape index (κ3) is 4.35. The minimum absolute atomic E-state index is 0.968. The summed E-state index contributed by atoms with van der Waals surface area (Å²) in [5, 5.41) is 3.10. The molecule has 0 unspecified atom stereocenters. The zero-order valence-corrected chi connectivity index (χ0v) is 8.01. The van der Waals surface area contributed by atoms with Gasteiger partial charge in [0, 0.05) is 12.0 Å². The van der Waals surface area contributed by atoms with Crippen LogP contribution in [0.25, 0.3) is 0 Å². The van der Waals surface area contributed by atoms with Gasteiger partial charge in [-0.25, -0.2) is 0 Å². The van der Waals surface area contributed by atoms with E-state index in [0.717, 1.165) is 24.9 Å². The monoisotopic (exact) mass is 173 g/mol. The summed E-state index contributed by atoms with van der Waals surface area (Å²) in [6, 6.07) is 10.1. The lowest BCUT2D eigenvalue weighted by Gasteiger charge is -1.91. The molecule has 0 heterocycles. The van der Waals surface area contributed by atoms with Gasteiger partial charge in [0.2, 0.25) is 0 Å². The smallest absolute Gasteiger partial charge is 0.0245 e. The van der Waals surface area contributed by atoms with Gasteiger partial charge in [-0.2, -0.15) is 0 Å². The number of unbranched alkanes of at least 4 members (excludes halogenated alkanes) is 1. The van der Waals surface area contributed by atoms with E-state index in [1.165, 1.54) is 0 Å². The van der Waals surface area contributed by atoms with Gasteiger partial charge < -0.3 is 5.32 Å². The normalized spacial score (nSPS) is 9.00. The summed E-state index contributed by atoms with van der Waals surface area (Å²) >= 11 is 0. The van der Waals surface area contributed by atoms with Crippen LogP contribution in [0.5, 0.6) is 0 Å². The lowest BCUT2D eigenvalue weighted by atomic mass is 10.2. The minimum Gasteiger partial charge on any atom is -0.320 e. The van der Waals surface area contributed by atoms with Crippen molar-refractivity contribution in [1.82, 2.24) is 5.32 Å². The molecular weight excluding hydrogens is 158 g/mol. The molecule has 0 atom stereocenters. The third-order valence-electron chi connectivity index (χ3n) is 1.74. The summed E-state index contributed by atoms with van der Waals surface area (Å²) in [6.45, 7) is 1.05. The number of hydrogen-bond acceptors (Lipinski definition) is 1. The number of nitrogens with one attached hydrogen (secondary N) is 1. The van der Waals surface area contributed by atoms with Gasteiger partial charge >= 0.3 is 0 Å². The predicted molar refractivity (Wildman–Crippen MR) is 56.5 cm³/mol. The van der Waals surface area contributed by atoms with Crippen molar-refractivity contribution in [3.8, 4) is 11.8 Å².